The summed E-state index contributed by atoms with van der Waals surface area (Å²) < 4.78 is 37.7. The van der Waals surface area contributed by atoms with Gasteiger partial charge in [0, 0.05) is 5.56 Å². The van der Waals surface area contributed by atoms with Crippen LogP contribution in [-0.4, -0.2) is 11.0 Å². The minimum atomic E-state index is -4.51. The third-order valence-corrected chi connectivity index (χ3v) is 2.60. The van der Waals surface area contributed by atoms with Crippen LogP contribution in [0.25, 0.3) is 0 Å². The second-order valence-corrected chi connectivity index (χ2v) is 4.05. The highest BCUT2D eigenvalue weighted by Gasteiger charge is 2.30. The van der Waals surface area contributed by atoms with Crippen molar-refractivity contribution in [3.8, 4) is 5.75 Å². The van der Waals surface area contributed by atoms with Crippen molar-refractivity contribution in [1.82, 2.24) is 0 Å². The van der Waals surface area contributed by atoms with E-state index in [1.165, 1.54) is 18.2 Å². The van der Waals surface area contributed by atoms with Crippen LogP contribution in [0.2, 0.25) is 0 Å². The second kappa shape index (κ2) is 5.24. The van der Waals surface area contributed by atoms with Gasteiger partial charge in [-0.2, -0.15) is 13.2 Å². The minimum absolute atomic E-state index is 0.134. The van der Waals surface area contributed by atoms with Gasteiger partial charge in [0.25, 0.3) is 5.91 Å². The molecule has 0 bridgehead atoms. The molecule has 20 heavy (non-hydrogen) atoms. The summed E-state index contributed by atoms with van der Waals surface area (Å²) in [6.07, 6.45) is -4.51. The molecule has 3 nitrogen and oxygen atoms in total. The van der Waals surface area contributed by atoms with E-state index < -0.39 is 17.6 Å². The number of amides is 1. The lowest BCUT2D eigenvalue weighted by atomic mass is 10.1. The molecular formula is C14H10F3NO2. The molecule has 1 amide bonds. The molecule has 104 valence electrons. The Morgan fingerprint density at radius 1 is 1.05 bits per heavy atom. The van der Waals surface area contributed by atoms with Gasteiger partial charge < -0.3 is 10.4 Å². The zero-order chi connectivity index (χ0) is 14.8. The van der Waals surface area contributed by atoms with Gasteiger partial charge in [0.15, 0.2) is 0 Å². The zero-order valence-corrected chi connectivity index (χ0v) is 10.1. The van der Waals surface area contributed by atoms with E-state index in [1.54, 1.807) is 12.1 Å². The lowest BCUT2D eigenvalue weighted by Gasteiger charge is -2.10. The van der Waals surface area contributed by atoms with Crippen LogP contribution in [0.3, 0.4) is 0 Å². The van der Waals surface area contributed by atoms with E-state index in [0.29, 0.717) is 0 Å². The van der Waals surface area contributed by atoms with E-state index in [-0.39, 0.29) is 17.0 Å². The minimum Gasteiger partial charge on any atom is -0.506 e. The topological polar surface area (TPSA) is 49.3 Å². The summed E-state index contributed by atoms with van der Waals surface area (Å²) in [7, 11) is 0. The highest BCUT2D eigenvalue weighted by Crippen LogP contribution is 2.30. The predicted octanol–water partition coefficient (Wildman–Crippen LogP) is 3.66. The fourth-order valence-corrected chi connectivity index (χ4v) is 1.61. The van der Waals surface area contributed by atoms with E-state index in [4.69, 9.17) is 0 Å². The highest BCUT2D eigenvalue weighted by atomic mass is 19.4. The maximum atomic E-state index is 12.6. The van der Waals surface area contributed by atoms with Crippen LogP contribution >= 0.6 is 0 Å². The Morgan fingerprint density at radius 2 is 1.75 bits per heavy atom. The maximum absolute atomic E-state index is 12.6. The quantitative estimate of drug-likeness (QED) is 0.825. The summed E-state index contributed by atoms with van der Waals surface area (Å²) in [5.41, 5.74) is -0.902. The molecule has 0 atom stereocenters. The number of carbonyl (C=O) groups is 1. The molecule has 0 spiro atoms. The first-order valence-corrected chi connectivity index (χ1v) is 5.64. The van der Waals surface area contributed by atoms with Crippen molar-refractivity contribution in [2.45, 2.75) is 6.18 Å². The van der Waals surface area contributed by atoms with Crippen molar-refractivity contribution in [3.05, 3.63) is 59.7 Å². The number of benzene rings is 2. The van der Waals surface area contributed by atoms with E-state index in [9.17, 15) is 23.1 Å². The van der Waals surface area contributed by atoms with Gasteiger partial charge in [-0.3, -0.25) is 4.79 Å². The number of hydrogen-bond donors (Lipinski definition) is 2. The van der Waals surface area contributed by atoms with E-state index >= 15 is 0 Å². The first kappa shape index (κ1) is 13.9. The lowest BCUT2D eigenvalue weighted by molar-refractivity contribution is -0.137. The molecule has 0 unspecified atom stereocenters. The van der Waals surface area contributed by atoms with Crippen molar-refractivity contribution in [3.63, 3.8) is 0 Å². The van der Waals surface area contributed by atoms with Crippen molar-refractivity contribution < 1.29 is 23.1 Å². The van der Waals surface area contributed by atoms with Gasteiger partial charge >= 0.3 is 6.18 Å². The van der Waals surface area contributed by atoms with E-state index in [1.807, 2.05) is 0 Å². The number of para-hydroxylation sites is 2. The smallest absolute Gasteiger partial charge is 0.416 e. The number of aromatic hydroxyl groups is 1. The Balaban J connectivity index is 2.24. The normalized spacial score (nSPS) is 11.2. The van der Waals surface area contributed by atoms with Gasteiger partial charge in [-0.1, -0.05) is 18.2 Å². The largest absolute Gasteiger partial charge is 0.506 e. The average Bonchev–Trinajstić information content (AvgIpc) is 2.40. The molecule has 0 fully saturated rings. The molecule has 0 saturated heterocycles. The summed E-state index contributed by atoms with van der Waals surface area (Å²) in [6.45, 7) is 0. The molecule has 2 rings (SSSR count). The molecule has 0 aliphatic rings. The maximum Gasteiger partial charge on any atom is 0.416 e. The Labute approximate surface area is 112 Å². The first-order chi connectivity index (χ1) is 9.38. The third kappa shape index (κ3) is 3.09. The van der Waals surface area contributed by atoms with Crippen LogP contribution in [0, 0.1) is 0 Å². The number of rotatable bonds is 2. The van der Waals surface area contributed by atoms with Crippen molar-refractivity contribution in [1.29, 1.82) is 0 Å². The monoisotopic (exact) mass is 281 g/mol. The molecular weight excluding hydrogens is 271 g/mol. The molecule has 0 aliphatic carbocycles. The Morgan fingerprint density at radius 3 is 2.40 bits per heavy atom. The van der Waals surface area contributed by atoms with Gasteiger partial charge in [0.2, 0.25) is 0 Å². The summed E-state index contributed by atoms with van der Waals surface area (Å²) in [6, 6.07) is 10.0. The first-order valence-electron chi connectivity index (χ1n) is 5.64. The molecule has 6 heteroatoms. The fraction of sp³-hybridized carbons (Fsp3) is 0.0714. The summed E-state index contributed by atoms with van der Waals surface area (Å²) in [5, 5.41) is 11.8. The summed E-state index contributed by atoms with van der Waals surface area (Å²) >= 11 is 0. The molecule has 2 N–H and O–H groups in total. The number of phenols is 1. The highest BCUT2D eigenvalue weighted by molar-refractivity contribution is 6.05. The molecule has 0 heterocycles. The van der Waals surface area contributed by atoms with Gasteiger partial charge in [-0.15, -0.1) is 0 Å². The molecule has 0 radical (unpaired) electrons. The molecule has 2 aromatic carbocycles. The van der Waals surface area contributed by atoms with Gasteiger partial charge in [0.1, 0.15) is 5.75 Å². The molecule has 0 saturated carbocycles. The van der Waals surface area contributed by atoms with Crippen LogP contribution in [0.15, 0.2) is 48.5 Å². The van der Waals surface area contributed by atoms with Gasteiger partial charge in [-0.25, -0.2) is 0 Å². The number of carbonyl (C=O) groups excluding carboxylic acids is 1. The average molecular weight is 281 g/mol. The third-order valence-electron chi connectivity index (χ3n) is 2.60. The number of alkyl halides is 3. The number of hydrogen-bond acceptors (Lipinski definition) is 2. The zero-order valence-electron chi connectivity index (χ0n) is 10.1. The number of anilines is 1. The number of nitrogens with one attached hydrogen (secondary N) is 1. The van der Waals surface area contributed by atoms with Crippen LogP contribution in [0.1, 0.15) is 15.9 Å². The Kier molecular flexibility index (Phi) is 3.65. The van der Waals surface area contributed by atoms with Crippen molar-refractivity contribution in [2.75, 3.05) is 5.32 Å². The number of halogens is 3. The standard InChI is InChI=1S/C14H10F3NO2/c15-14(16,17)10-5-3-4-9(8-10)13(20)18-11-6-1-2-7-12(11)19/h1-8,19H,(H,18,20). The van der Waals surface area contributed by atoms with E-state index in [2.05, 4.69) is 5.32 Å². The Bertz CT molecular complexity index is 638. The lowest BCUT2D eigenvalue weighted by Crippen LogP contribution is -2.14. The van der Waals surface area contributed by atoms with Crippen LogP contribution < -0.4 is 5.32 Å². The van der Waals surface area contributed by atoms with Crippen molar-refractivity contribution in [2.24, 2.45) is 0 Å². The van der Waals surface area contributed by atoms with Gasteiger partial charge in [0.05, 0.1) is 11.3 Å². The molecule has 2 aromatic rings. The molecule has 0 aromatic heterocycles. The Hall–Kier alpha value is -2.50. The molecule has 0 aliphatic heterocycles. The summed E-state index contributed by atoms with van der Waals surface area (Å²) in [4.78, 5) is 11.9. The van der Waals surface area contributed by atoms with Crippen LogP contribution in [-0.2, 0) is 6.18 Å². The fourth-order valence-electron chi connectivity index (χ4n) is 1.61. The second-order valence-electron chi connectivity index (χ2n) is 4.05. The SMILES string of the molecule is O=C(Nc1ccccc1O)c1cccc(C(F)(F)F)c1. The van der Waals surface area contributed by atoms with Crippen LogP contribution in [0.4, 0.5) is 18.9 Å². The van der Waals surface area contributed by atoms with Crippen molar-refractivity contribution >= 4 is 11.6 Å². The number of phenolic OH excluding ortho intramolecular Hbond substituents is 1. The van der Waals surface area contributed by atoms with Crippen LogP contribution in [0.5, 0.6) is 5.75 Å². The predicted molar refractivity (Wildman–Crippen MR) is 67.5 cm³/mol. The summed E-state index contributed by atoms with van der Waals surface area (Å²) in [5.74, 6) is -0.884. The van der Waals surface area contributed by atoms with Gasteiger partial charge in [-0.05, 0) is 30.3 Å². The van der Waals surface area contributed by atoms with E-state index in [0.717, 1.165) is 18.2 Å².